The molecule has 86 valence electrons. The molecular formula is C9H12N4O2S. The van der Waals surface area contributed by atoms with Gasteiger partial charge in [-0.05, 0) is 5.16 Å². The van der Waals surface area contributed by atoms with Gasteiger partial charge in [0.1, 0.15) is 0 Å². The van der Waals surface area contributed by atoms with Crippen molar-refractivity contribution < 1.29 is 9.26 Å². The van der Waals surface area contributed by atoms with E-state index in [1.807, 2.05) is 4.90 Å². The van der Waals surface area contributed by atoms with Crippen LogP contribution in [0.4, 0.5) is 5.95 Å². The van der Waals surface area contributed by atoms with E-state index in [0.717, 1.165) is 13.1 Å². The Balaban J connectivity index is 1.88. The number of aromatic nitrogens is 2. The van der Waals surface area contributed by atoms with Crippen LogP contribution in [0.3, 0.4) is 0 Å². The number of nitrogens with zero attached hydrogens (tertiary/aromatic N) is 4. The largest absolute Gasteiger partial charge is 0.378 e. The van der Waals surface area contributed by atoms with Gasteiger partial charge in [0.05, 0.1) is 30.8 Å². The summed E-state index contributed by atoms with van der Waals surface area (Å²) in [7, 11) is 0. The first-order valence-corrected chi connectivity index (χ1v) is 6.15. The van der Waals surface area contributed by atoms with Crippen LogP contribution in [-0.4, -0.2) is 42.2 Å². The van der Waals surface area contributed by atoms with Crippen LogP contribution in [-0.2, 0) is 10.5 Å². The minimum atomic E-state index is 0.440. The highest BCUT2D eigenvalue weighted by atomic mass is 32.2. The molecule has 1 aromatic heterocycles. The first kappa shape index (κ1) is 11.2. The molecule has 0 amide bonds. The standard InChI is InChI=1S/C9H12N4O2S/c10-1-6-16-7-8-11-9(12-15-8)13-2-4-14-5-3-13/h2-7H2. The highest BCUT2D eigenvalue weighted by molar-refractivity contribution is 7.98. The lowest BCUT2D eigenvalue weighted by Gasteiger charge is -2.24. The number of hydrogen-bond donors (Lipinski definition) is 0. The van der Waals surface area contributed by atoms with Gasteiger partial charge in [-0.2, -0.15) is 10.2 Å². The van der Waals surface area contributed by atoms with Crippen molar-refractivity contribution in [3.63, 3.8) is 0 Å². The zero-order valence-corrected chi connectivity index (χ0v) is 9.57. The Morgan fingerprint density at radius 1 is 1.44 bits per heavy atom. The molecule has 2 rings (SSSR count). The summed E-state index contributed by atoms with van der Waals surface area (Å²) in [5.41, 5.74) is 0. The van der Waals surface area contributed by atoms with E-state index in [2.05, 4.69) is 16.2 Å². The SMILES string of the molecule is N#CCSCc1nc(N2CCOCC2)no1. The Labute approximate surface area is 97.6 Å². The molecule has 1 aliphatic rings. The minimum absolute atomic E-state index is 0.440. The summed E-state index contributed by atoms with van der Waals surface area (Å²) in [6, 6.07) is 2.05. The lowest BCUT2D eigenvalue weighted by molar-refractivity contribution is 0.121. The summed E-state index contributed by atoms with van der Waals surface area (Å²) >= 11 is 1.47. The quantitative estimate of drug-likeness (QED) is 0.716. The fourth-order valence-electron chi connectivity index (χ4n) is 1.38. The van der Waals surface area contributed by atoms with Gasteiger partial charge in [0.2, 0.25) is 5.89 Å². The Bertz CT molecular complexity index is 370. The van der Waals surface area contributed by atoms with Crippen molar-refractivity contribution in [2.24, 2.45) is 0 Å². The van der Waals surface area contributed by atoms with Gasteiger partial charge in [-0.15, -0.1) is 11.8 Å². The van der Waals surface area contributed by atoms with Crippen molar-refractivity contribution in [3.05, 3.63) is 5.89 Å². The molecule has 0 spiro atoms. The first-order chi connectivity index (χ1) is 7.90. The molecule has 0 bridgehead atoms. The predicted molar refractivity (Wildman–Crippen MR) is 59.1 cm³/mol. The molecule has 0 aliphatic carbocycles. The molecule has 0 unspecified atom stereocenters. The van der Waals surface area contributed by atoms with Gasteiger partial charge >= 0.3 is 0 Å². The van der Waals surface area contributed by atoms with E-state index >= 15 is 0 Å². The maximum absolute atomic E-state index is 8.39. The van der Waals surface area contributed by atoms with Gasteiger partial charge in [-0.1, -0.05) is 0 Å². The fourth-order valence-corrected chi connectivity index (χ4v) is 1.87. The van der Waals surface area contributed by atoms with E-state index < -0.39 is 0 Å². The van der Waals surface area contributed by atoms with E-state index in [1.54, 1.807) is 0 Å². The lowest BCUT2D eigenvalue weighted by atomic mass is 10.4. The Morgan fingerprint density at radius 2 is 2.25 bits per heavy atom. The molecule has 1 fully saturated rings. The van der Waals surface area contributed by atoms with Crippen molar-refractivity contribution in [1.82, 2.24) is 10.1 Å². The normalized spacial score (nSPS) is 16.1. The Kier molecular flexibility index (Phi) is 4.02. The number of ether oxygens (including phenoxy) is 1. The summed E-state index contributed by atoms with van der Waals surface area (Å²) < 4.78 is 10.3. The number of anilines is 1. The Morgan fingerprint density at radius 3 is 3.00 bits per heavy atom. The summed E-state index contributed by atoms with van der Waals surface area (Å²) in [6.07, 6.45) is 0. The van der Waals surface area contributed by atoms with Crippen LogP contribution in [0.25, 0.3) is 0 Å². The van der Waals surface area contributed by atoms with Crippen molar-refractivity contribution in [2.75, 3.05) is 37.0 Å². The maximum atomic E-state index is 8.39. The number of hydrogen-bond acceptors (Lipinski definition) is 7. The number of thioether (sulfide) groups is 1. The molecule has 0 N–H and O–H groups in total. The summed E-state index contributed by atoms with van der Waals surface area (Å²) in [5.74, 6) is 2.22. The molecule has 6 nitrogen and oxygen atoms in total. The summed E-state index contributed by atoms with van der Waals surface area (Å²) in [5, 5.41) is 12.3. The van der Waals surface area contributed by atoms with Crippen LogP contribution < -0.4 is 4.90 Å². The predicted octanol–water partition coefficient (Wildman–Crippen LogP) is 0.663. The topological polar surface area (TPSA) is 75.2 Å². The molecule has 7 heteroatoms. The molecule has 1 saturated heterocycles. The van der Waals surface area contributed by atoms with E-state index in [9.17, 15) is 0 Å². The number of nitriles is 1. The van der Waals surface area contributed by atoms with Crippen LogP contribution in [0.1, 0.15) is 5.89 Å². The number of morpholine rings is 1. The van der Waals surface area contributed by atoms with Crippen molar-refractivity contribution in [3.8, 4) is 6.07 Å². The van der Waals surface area contributed by atoms with E-state index in [-0.39, 0.29) is 0 Å². The fraction of sp³-hybridized carbons (Fsp3) is 0.667. The second-order valence-corrected chi connectivity index (χ2v) is 4.22. The molecule has 0 radical (unpaired) electrons. The van der Waals surface area contributed by atoms with Gasteiger partial charge in [-0.25, -0.2) is 0 Å². The van der Waals surface area contributed by atoms with Crippen molar-refractivity contribution >= 4 is 17.7 Å². The average Bonchev–Trinajstić information content (AvgIpc) is 2.79. The summed E-state index contributed by atoms with van der Waals surface area (Å²) in [6.45, 7) is 2.99. The van der Waals surface area contributed by atoms with Gasteiger partial charge in [0.25, 0.3) is 5.95 Å². The molecular weight excluding hydrogens is 228 g/mol. The van der Waals surface area contributed by atoms with E-state index in [0.29, 0.717) is 36.6 Å². The average molecular weight is 240 g/mol. The van der Waals surface area contributed by atoms with Gasteiger partial charge in [0.15, 0.2) is 0 Å². The second-order valence-electron chi connectivity index (χ2n) is 3.24. The molecule has 1 aromatic rings. The summed E-state index contributed by atoms with van der Waals surface area (Å²) in [4.78, 5) is 6.30. The molecule has 16 heavy (non-hydrogen) atoms. The molecule has 0 aromatic carbocycles. The lowest BCUT2D eigenvalue weighted by Crippen LogP contribution is -2.36. The maximum Gasteiger partial charge on any atom is 0.266 e. The third-order valence-corrected chi connectivity index (χ3v) is 2.93. The van der Waals surface area contributed by atoms with Gasteiger partial charge in [-0.3, -0.25) is 0 Å². The van der Waals surface area contributed by atoms with E-state index in [4.69, 9.17) is 14.5 Å². The van der Waals surface area contributed by atoms with Crippen LogP contribution in [0.5, 0.6) is 0 Å². The first-order valence-electron chi connectivity index (χ1n) is 5.00. The smallest absolute Gasteiger partial charge is 0.266 e. The van der Waals surface area contributed by atoms with Gasteiger partial charge in [0, 0.05) is 13.1 Å². The molecule has 0 saturated carbocycles. The monoisotopic (exact) mass is 240 g/mol. The Hall–Kier alpha value is -1.26. The highest BCUT2D eigenvalue weighted by Gasteiger charge is 2.16. The van der Waals surface area contributed by atoms with Crippen LogP contribution in [0.15, 0.2) is 4.52 Å². The van der Waals surface area contributed by atoms with Crippen molar-refractivity contribution in [1.29, 1.82) is 5.26 Å². The van der Waals surface area contributed by atoms with Crippen LogP contribution >= 0.6 is 11.8 Å². The zero-order valence-electron chi connectivity index (χ0n) is 8.76. The molecule has 2 heterocycles. The second kappa shape index (κ2) is 5.72. The molecule has 0 atom stereocenters. The van der Waals surface area contributed by atoms with E-state index in [1.165, 1.54) is 11.8 Å². The zero-order chi connectivity index (χ0) is 11.2. The van der Waals surface area contributed by atoms with Crippen molar-refractivity contribution in [2.45, 2.75) is 5.75 Å². The number of rotatable bonds is 4. The third kappa shape index (κ3) is 2.87. The minimum Gasteiger partial charge on any atom is -0.378 e. The highest BCUT2D eigenvalue weighted by Crippen LogP contribution is 2.15. The molecule has 1 aliphatic heterocycles. The van der Waals surface area contributed by atoms with Crippen LogP contribution in [0.2, 0.25) is 0 Å². The third-order valence-electron chi connectivity index (χ3n) is 2.14. The van der Waals surface area contributed by atoms with Gasteiger partial charge < -0.3 is 14.2 Å². The van der Waals surface area contributed by atoms with Crippen LogP contribution in [0, 0.1) is 11.3 Å².